The summed E-state index contributed by atoms with van der Waals surface area (Å²) in [6.07, 6.45) is 3.78. The number of benzene rings is 2. The van der Waals surface area contributed by atoms with Gasteiger partial charge in [-0.15, -0.1) is 0 Å². The minimum Gasteiger partial charge on any atom is -0.504 e. The van der Waals surface area contributed by atoms with Gasteiger partial charge in [-0.25, -0.2) is 0 Å². The lowest BCUT2D eigenvalue weighted by Gasteiger charge is -2.20. The average molecular weight is 327 g/mol. The quantitative estimate of drug-likeness (QED) is 0.780. The first-order valence-corrected chi connectivity index (χ1v) is 7.71. The first-order valence-electron chi connectivity index (χ1n) is 7.71. The van der Waals surface area contributed by atoms with E-state index in [4.69, 9.17) is 9.84 Å². The zero-order chi connectivity index (χ0) is 17.2. The normalized spacial score (nSPS) is 10.7. The first-order chi connectivity index (χ1) is 11.7. The fraction of sp³-hybridized carbons (Fsp3) is 0.211. The van der Waals surface area contributed by atoms with Crippen molar-refractivity contribution in [3.8, 4) is 11.5 Å². The van der Waals surface area contributed by atoms with E-state index in [1.807, 2.05) is 42.5 Å². The third-order valence-electron chi connectivity index (χ3n) is 3.37. The zero-order valence-electron chi connectivity index (χ0n) is 13.3. The van der Waals surface area contributed by atoms with Crippen molar-refractivity contribution in [1.82, 2.24) is 4.90 Å². The van der Waals surface area contributed by atoms with Gasteiger partial charge in [0, 0.05) is 13.1 Å². The molecule has 0 aliphatic heterocycles. The fourth-order valence-corrected chi connectivity index (χ4v) is 2.13. The number of amides is 1. The molecule has 1 amide bonds. The van der Waals surface area contributed by atoms with Crippen LogP contribution in [0.2, 0.25) is 0 Å². The molecule has 24 heavy (non-hydrogen) atoms. The van der Waals surface area contributed by atoms with Crippen LogP contribution in [0.4, 0.5) is 0 Å². The lowest BCUT2D eigenvalue weighted by molar-refractivity contribution is -0.133. The van der Waals surface area contributed by atoms with Crippen molar-refractivity contribution in [2.75, 3.05) is 26.3 Å². The molecule has 0 radical (unpaired) electrons. The van der Waals surface area contributed by atoms with Gasteiger partial charge in [-0.05, 0) is 17.7 Å². The smallest absolute Gasteiger partial charge is 0.260 e. The summed E-state index contributed by atoms with van der Waals surface area (Å²) in [6.45, 7) is 0.277. The van der Waals surface area contributed by atoms with Crippen LogP contribution < -0.4 is 4.74 Å². The highest BCUT2D eigenvalue weighted by Crippen LogP contribution is 2.24. The molecule has 0 aromatic heterocycles. The van der Waals surface area contributed by atoms with Crippen LogP contribution in [0, 0.1) is 0 Å². The van der Waals surface area contributed by atoms with Crippen molar-refractivity contribution in [1.29, 1.82) is 0 Å². The summed E-state index contributed by atoms with van der Waals surface area (Å²) < 4.78 is 5.34. The molecule has 0 aliphatic rings. The van der Waals surface area contributed by atoms with Crippen LogP contribution in [0.5, 0.6) is 11.5 Å². The summed E-state index contributed by atoms with van der Waals surface area (Å²) >= 11 is 0. The molecule has 0 saturated heterocycles. The second-order valence-corrected chi connectivity index (χ2v) is 5.13. The van der Waals surface area contributed by atoms with E-state index in [9.17, 15) is 9.90 Å². The van der Waals surface area contributed by atoms with Gasteiger partial charge in [0.2, 0.25) is 0 Å². The Morgan fingerprint density at radius 3 is 2.50 bits per heavy atom. The van der Waals surface area contributed by atoms with E-state index in [0.717, 1.165) is 5.56 Å². The summed E-state index contributed by atoms with van der Waals surface area (Å²) in [5.41, 5.74) is 1.04. The SMILES string of the molecule is O=C(COc1ccccc1O)N(CC=Cc1ccccc1)CCO. The Kier molecular flexibility index (Phi) is 6.86. The summed E-state index contributed by atoms with van der Waals surface area (Å²) in [6, 6.07) is 16.2. The second kappa shape index (κ2) is 9.37. The number of aromatic hydroxyl groups is 1. The van der Waals surface area contributed by atoms with Crippen LogP contribution in [0.25, 0.3) is 6.08 Å². The average Bonchev–Trinajstić information content (AvgIpc) is 2.61. The summed E-state index contributed by atoms with van der Waals surface area (Å²) in [4.78, 5) is 13.7. The number of rotatable bonds is 8. The number of ether oxygens (including phenoxy) is 1. The maximum Gasteiger partial charge on any atom is 0.260 e. The van der Waals surface area contributed by atoms with Gasteiger partial charge in [-0.3, -0.25) is 4.79 Å². The van der Waals surface area contributed by atoms with Gasteiger partial charge in [0.25, 0.3) is 5.91 Å². The summed E-state index contributed by atoms with van der Waals surface area (Å²) in [5.74, 6) is -0.0115. The maximum absolute atomic E-state index is 12.2. The highest BCUT2D eigenvalue weighted by atomic mass is 16.5. The van der Waals surface area contributed by atoms with Crippen LogP contribution in [0.1, 0.15) is 5.56 Å². The van der Waals surface area contributed by atoms with E-state index in [-0.39, 0.29) is 37.2 Å². The molecule has 0 atom stereocenters. The molecule has 2 aromatic carbocycles. The lowest BCUT2D eigenvalue weighted by Crippen LogP contribution is -2.37. The Hall–Kier alpha value is -2.79. The Balaban J connectivity index is 1.90. The Morgan fingerprint density at radius 1 is 1.08 bits per heavy atom. The standard InChI is InChI=1S/C19H21NO4/c21-14-13-20(12-6-9-16-7-2-1-3-8-16)19(23)15-24-18-11-5-4-10-17(18)22/h1-11,21-22H,12-15H2. The van der Waals surface area contributed by atoms with Crippen LogP contribution in [-0.2, 0) is 4.79 Å². The monoisotopic (exact) mass is 327 g/mol. The van der Waals surface area contributed by atoms with Crippen LogP contribution >= 0.6 is 0 Å². The first kappa shape index (κ1) is 17.6. The molecule has 2 N–H and O–H groups in total. The van der Waals surface area contributed by atoms with Crippen molar-refractivity contribution in [3.05, 3.63) is 66.2 Å². The van der Waals surface area contributed by atoms with Gasteiger partial charge in [-0.2, -0.15) is 0 Å². The van der Waals surface area contributed by atoms with Gasteiger partial charge >= 0.3 is 0 Å². The number of phenols is 1. The predicted molar refractivity (Wildman–Crippen MR) is 92.7 cm³/mol. The summed E-state index contributed by atoms with van der Waals surface area (Å²) in [5, 5.41) is 18.8. The van der Waals surface area contributed by atoms with Crippen molar-refractivity contribution in [2.45, 2.75) is 0 Å². The predicted octanol–water partition coefficient (Wildman–Crippen LogP) is 2.31. The highest BCUT2D eigenvalue weighted by molar-refractivity contribution is 5.78. The van der Waals surface area contributed by atoms with E-state index >= 15 is 0 Å². The number of hydrogen-bond acceptors (Lipinski definition) is 4. The molecule has 5 heteroatoms. The molecule has 0 saturated carbocycles. The zero-order valence-corrected chi connectivity index (χ0v) is 13.3. The van der Waals surface area contributed by atoms with E-state index < -0.39 is 0 Å². The third-order valence-corrected chi connectivity index (χ3v) is 3.37. The van der Waals surface area contributed by atoms with Crippen molar-refractivity contribution in [3.63, 3.8) is 0 Å². The minimum atomic E-state index is -0.259. The number of phenolic OH excluding ortho intramolecular Hbond substituents is 1. The number of aliphatic hydroxyl groups excluding tert-OH is 1. The highest BCUT2D eigenvalue weighted by Gasteiger charge is 2.13. The number of aliphatic hydroxyl groups is 1. The van der Waals surface area contributed by atoms with Gasteiger partial charge in [-0.1, -0.05) is 54.6 Å². The van der Waals surface area contributed by atoms with Crippen molar-refractivity contribution >= 4 is 12.0 Å². The molecule has 0 spiro atoms. The molecule has 126 valence electrons. The third kappa shape index (κ3) is 5.44. The molecule has 0 bridgehead atoms. The van der Waals surface area contributed by atoms with Crippen molar-refractivity contribution < 1.29 is 19.7 Å². The Labute approximate surface area is 141 Å². The van der Waals surface area contributed by atoms with Crippen LogP contribution in [0.15, 0.2) is 60.7 Å². The summed E-state index contributed by atoms with van der Waals surface area (Å²) in [7, 11) is 0. The Bertz CT molecular complexity index is 670. The fourth-order valence-electron chi connectivity index (χ4n) is 2.13. The molecule has 0 unspecified atom stereocenters. The van der Waals surface area contributed by atoms with Crippen LogP contribution in [-0.4, -0.2) is 47.3 Å². The van der Waals surface area contributed by atoms with E-state index in [1.54, 1.807) is 18.2 Å². The number of nitrogens with zero attached hydrogens (tertiary/aromatic N) is 1. The molecular weight excluding hydrogens is 306 g/mol. The maximum atomic E-state index is 12.2. The molecule has 0 fully saturated rings. The van der Waals surface area contributed by atoms with Crippen LogP contribution in [0.3, 0.4) is 0 Å². The number of carbonyl (C=O) groups excluding carboxylic acids is 1. The van der Waals surface area contributed by atoms with Gasteiger partial charge in [0.1, 0.15) is 0 Å². The van der Waals surface area contributed by atoms with Gasteiger partial charge in [0.05, 0.1) is 6.61 Å². The largest absolute Gasteiger partial charge is 0.504 e. The lowest BCUT2D eigenvalue weighted by atomic mass is 10.2. The molecule has 2 rings (SSSR count). The molecule has 5 nitrogen and oxygen atoms in total. The topological polar surface area (TPSA) is 70.0 Å². The molecular formula is C19H21NO4. The van der Waals surface area contributed by atoms with E-state index in [0.29, 0.717) is 6.54 Å². The van der Waals surface area contributed by atoms with E-state index in [1.165, 1.54) is 11.0 Å². The van der Waals surface area contributed by atoms with Gasteiger partial charge in [0.15, 0.2) is 18.1 Å². The van der Waals surface area contributed by atoms with Gasteiger partial charge < -0.3 is 19.8 Å². The minimum absolute atomic E-state index is 0.0111. The van der Waals surface area contributed by atoms with Crippen molar-refractivity contribution in [2.24, 2.45) is 0 Å². The number of hydrogen-bond donors (Lipinski definition) is 2. The molecule has 0 heterocycles. The second-order valence-electron chi connectivity index (χ2n) is 5.13. The number of carbonyl (C=O) groups is 1. The number of para-hydroxylation sites is 2. The molecule has 2 aromatic rings. The van der Waals surface area contributed by atoms with E-state index in [2.05, 4.69) is 0 Å². The molecule has 0 aliphatic carbocycles. The Morgan fingerprint density at radius 2 is 1.79 bits per heavy atom.